The van der Waals surface area contributed by atoms with Crippen LogP contribution in [0.2, 0.25) is 0 Å². The molecule has 0 bridgehead atoms. The number of aryl methyl sites for hydroxylation is 1. The molecule has 1 aliphatic rings. The highest BCUT2D eigenvalue weighted by molar-refractivity contribution is 7.89. The van der Waals surface area contributed by atoms with Crippen molar-refractivity contribution < 1.29 is 31.4 Å². The number of pyridine rings is 1. The van der Waals surface area contributed by atoms with E-state index in [1.807, 2.05) is 13.0 Å². The fourth-order valence-electron chi connectivity index (χ4n) is 4.61. The molecule has 3 heterocycles. The zero-order valence-corrected chi connectivity index (χ0v) is 22.8. The molecule has 0 saturated carbocycles. The van der Waals surface area contributed by atoms with Gasteiger partial charge in [-0.3, -0.25) is 0 Å². The van der Waals surface area contributed by atoms with Crippen LogP contribution in [0.1, 0.15) is 12.1 Å². The third-order valence-electron chi connectivity index (χ3n) is 6.69. The van der Waals surface area contributed by atoms with Gasteiger partial charge in [-0.1, -0.05) is 0 Å². The summed E-state index contributed by atoms with van der Waals surface area (Å²) in [5.41, 5.74) is 1.63. The van der Waals surface area contributed by atoms with Gasteiger partial charge < -0.3 is 19.5 Å². The Morgan fingerprint density at radius 2 is 1.98 bits per heavy atom. The van der Waals surface area contributed by atoms with Gasteiger partial charge in [-0.2, -0.15) is 0 Å². The number of fused-ring (bicyclic) bond motifs is 1. The molecule has 2 aromatic carbocycles. The van der Waals surface area contributed by atoms with Crippen molar-refractivity contribution in [2.45, 2.75) is 18.2 Å². The summed E-state index contributed by atoms with van der Waals surface area (Å²) in [7, 11) is -1.45. The molecule has 40 heavy (non-hydrogen) atoms. The normalized spacial score (nSPS) is 15.4. The number of methoxy groups -OCH3 is 1. The zero-order valence-electron chi connectivity index (χ0n) is 22.0. The van der Waals surface area contributed by atoms with Crippen molar-refractivity contribution in [3.05, 3.63) is 53.9 Å². The van der Waals surface area contributed by atoms with Crippen molar-refractivity contribution in [2.24, 2.45) is 11.1 Å². The lowest BCUT2D eigenvalue weighted by Gasteiger charge is -2.16. The average Bonchev–Trinajstić information content (AvgIpc) is 3.44. The minimum atomic E-state index is -4.46. The van der Waals surface area contributed by atoms with Crippen molar-refractivity contribution in [3.63, 3.8) is 0 Å². The van der Waals surface area contributed by atoms with E-state index in [0.29, 0.717) is 59.2 Å². The number of halogens is 2. The molecule has 2 aromatic heterocycles. The van der Waals surface area contributed by atoms with Gasteiger partial charge in [0.1, 0.15) is 22.0 Å². The quantitative estimate of drug-likeness (QED) is 0.321. The van der Waals surface area contributed by atoms with E-state index in [1.54, 1.807) is 13.1 Å². The smallest absolute Gasteiger partial charge is 0.240 e. The van der Waals surface area contributed by atoms with Gasteiger partial charge in [0.15, 0.2) is 5.82 Å². The second-order valence-corrected chi connectivity index (χ2v) is 10.9. The first kappa shape index (κ1) is 27.6. The lowest BCUT2D eigenvalue weighted by molar-refractivity contribution is 0.167. The van der Waals surface area contributed by atoms with E-state index in [2.05, 4.69) is 20.3 Å². The highest BCUT2D eigenvalue weighted by Gasteiger charge is 2.25. The van der Waals surface area contributed by atoms with Crippen molar-refractivity contribution in [1.82, 2.24) is 15.0 Å². The Hall–Kier alpha value is -3.94. The van der Waals surface area contributed by atoms with Crippen LogP contribution < -0.4 is 19.9 Å². The Labute approximate surface area is 229 Å². The Bertz CT molecular complexity index is 1710. The zero-order chi connectivity index (χ0) is 28.6. The Morgan fingerprint density at radius 3 is 2.65 bits per heavy atom. The summed E-state index contributed by atoms with van der Waals surface area (Å²) in [5, 5.41) is 8.81. The predicted octanol–water partition coefficient (Wildman–Crippen LogP) is 4.06. The van der Waals surface area contributed by atoms with Crippen LogP contribution in [0.25, 0.3) is 33.2 Å². The molecule has 1 fully saturated rings. The van der Waals surface area contributed by atoms with Crippen molar-refractivity contribution in [3.8, 4) is 33.9 Å². The summed E-state index contributed by atoms with van der Waals surface area (Å²) in [5.74, 6) is -1.30. The number of primary sulfonamides is 1. The summed E-state index contributed by atoms with van der Waals surface area (Å²) < 4.78 is 71.2. The second kappa shape index (κ2) is 10.9. The third-order valence-corrected chi connectivity index (χ3v) is 7.62. The first-order valence-electron chi connectivity index (χ1n) is 12.4. The molecule has 1 unspecified atom stereocenters. The molecule has 13 heteroatoms. The number of aromatic nitrogens is 3. The van der Waals surface area contributed by atoms with Crippen LogP contribution in [0.3, 0.4) is 0 Å². The summed E-state index contributed by atoms with van der Waals surface area (Å²) in [6, 6.07) is 6.67. The Kier molecular flexibility index (Phi) is 7.53. The van der Waals surface area contributed by atoms with Gasteiger partial charge in [-0.05, 0) is 49.2 Å². The number of rotatable bonds is 8. The van der Waals surface area contributed by atoms with Gasteiger partial charge in [0.2, 0.25) is 21.9 Å². The Balaban J connectivity index is 1.69. The number of nitrogens with zero attached hydrogens (tertiary/aromatic N) is 3. The van der Waals surface area contributed by atoms with E-state index in [0.717, 1.165) is 18.6 Å². The van der Waals surface area contributed by atoms with Gasteiger partial charge in [-0.15, -0.1) is 0 Å². The molecule has 0 radical (unpaired) electrons. The van der Waals surface area contributed by atoms with Gasteiger partial charge in [0.05, 0.1) is 37.1 Å². The first-order chi connectivity index (χ1) is 19.1. The molecule has 0 aliphatic carbocycles. The standard InChI is InChI=1S/C27H27F2N5O5S/c1-14-18-8-16(10-21(25(18)34-27(31-2)33-14)39-13-15-6-7-38-12-15)17-9-19(26(37-3)32-11-17)23-20(28)4-5-22(24(23)29)40(30,35)36/h4-5,8-11,15H,6-7,12-13H2,1-3H3,(H2,30,35,36)(H,31,33,34). The molecule has 1 saturated heterocycles. The van der Waals surface area contributed by atoms with E-state index in [9.17, 15) is 12.8 Å². The van der Waals surface area contributed by atoms with E-state index in [-0.39, 0.29) is 17.4 Å². The summed E-state index contributed by atoms with van der Waals surface area (Å²) in [6.45, 7) is 3.54. The van der Waals surface area contributed by atoms with Crippen LogP contribution in [-0.4, -0.2) is 57.3 Å². The lowest BCUT2D eigenvalue weighted by Crippen LogP contribution is -2.15. The molecular weight excluding hydrogens is 544 g/mol. The van der Waals surface area contributed by atoms with Crippen molar-refractivity contribution in [1.29, 1.82) is 0 Å². The fraction of sp³-hybridized carbons (Fsp3) is 0.296. The number of nitrogens with one attached hydrogen (secondary N) is 1. The second-order valence-electron chi connectivity index (χ2n) is 9.35. The number of nitrogens with two attached hydrogens (primary N) is 1. The minimum Gasteiger partial charge on any atom is -0.491 e. The molecule has 4 aromatic rings. The third kappa shape index (κ3) is 5.27. The number of benzene rings is 2. The van der Waals surface area contributed by atoms with Gasteiger partial charge in [0, 0.05) is 36.7 Å². The molecule has 3 N–H and O–H groups in total. The van der Waals surface area contributed by atoms with Gasteiger partial charge in [0.25, 0.3) is 0 Å². The maximum absolute atomic E-state index is 15.4. The summed E-state index contributed by atoms with van der Waals surface area (Å²) >= 11 is 0. The number of hydrogen-bond acceptors (Lipinski definition) is 9. The summed E-state index contributed by atoms with van der Waals surface area (Å²) in [4.78, 5) is 12.5. The van der Waals surface area contributed by atoms with E-state index < -0.39 is 32.1 Å². The fourth-order valence-corrected chi connectivity index (χ4v) is 5.22. The molecule has 1 atom stereocenters. The lowest BCUT2D eigenvalue weighted by atomic mass is 9.98. The maximum atomic E-state index is 15.4. The van der Waals surface area contributed by atoms with Crippen LogP contribution >= 0.6 is 0 Å². The van der Waals surface area contributed by atoms with Crippen LogP contribution in [0.15, 0.2) is 41.4 Å². The van der Waals surface area contributed by atoms with Crippen LogP contribution in [-0.2, 0) is 14.8 Å². The van der Waals surface area contributed by atoms with E-state index in [4.69, 9.17) is 19.3 Å². The summed E-state index contributed by atoms with van der Waals surface area (Å²) in [6.07, 6.45) is 2.36. The molecule has 10 nitrogen and oxygen atoms in total. The van der Waals surface area contributed by atoms with Crippen LogP contribution in [0.5, 0.6) is 11.6 Å². The van der Waals surface area contributed by atoms with Crippen molar-refractivity contribution in [2.75, 3.05) is 39.3 Å². The SMILES string of the molecule is CNc1nc(C)c2cc(-c3cnc(OC)c(-c4c(F)ccc(S(N)(=O)=O)c4F)c3)cc(OCC3CCOC3)c2n1. The topological polar surface area (TPSA) is 139 Å². The molecule has 1 aliphatic heterocycles. The molecule has 210 valence electrons. The molecular formula is C27H27F2N5O5S. The molecule has 0 spiro atoms. The molecule has 0 amide bonds. The highest BCUT2D eigenvalue weighted by atomic mass is 32.2. The maximum Gasteiger partial charge on any atom is 0.240 e. The average molecular weight is 572 g/mol. The number of sulfonamides is 1. The van der Waals surface area contributed by atoms with E-state index in [1.165, 1.54) is 19.4 Å². The minimum absolute atomic E-state index is 0.0929. The van der Waals surface area contributed by atoms with Crippen molar-refractivity contribution >= 4 is 26.9 Å². The van der Waals surface area contributed by atoms with Gasteiger partial charge in [-0.25, -0.2) is 37.3 Å². The van der Waals surface area contributed by atoms with Gasteiger partial charge >= 0.3 is 0 Å². The van der Waals surface area contributed by atoms with Crippen LogP contribution in [0, 0.1) is 24.5 Å². The van der Waals surface area contributed by atoms with Crippen LogP contribution in [0.4, 0.5) is 14.7 Å². The number of hydrogen-bond donors (Lipinski definition) is 2. The largest absolute Gasteiger partial charge is 0.491 e. The highest BCUT2D eigenvalue weighted by Crippen LogP contribution is 2.39. The molecule has 5 rings (SSSR count). The Morgan fingerprint density at radius 1 is 1.18 bits per heavy atom. The monoisotopic (exact) mass is 571 g/mol. The predicted molar refractivity (Wildman–Crippen MR) is 145 cm³/mol. The van der Waals surface area contributed by atoms with E-state index >= 15 is 4.39 Å². The number of ether oxygens (including phenoxy) is 3. The first-order valence-corrected chi connectivity index (χ1v) is 13.9. The number of anilines is 1.